The second-order valence-electron chi connectivity index (χ2n) is 6.38. The molecule has 0 spiro atoms. The van der Waals surface area contributed by atoms with Gasteiger partial charge in [0.25, 0.3) is 5.22 Å². The molecule has 10 heteroatoms. The Kier molecular flexibility index (Phi) is 5.65. The van der Waals surface area contributed by atoms with Gasteiger partial charge in [-0.25, -0.2) is 4.39 Å². The molecule has 0 unspecified atom stereocenters. The van der Waals surface area contributed by atoms with Gasteiger partial charge in [0.1, 0.15) is 5.82 Å². The lowest BCUT2D eigenvalue weighted by Gasteiger charge is -2.17. The maximum Gasteiger partial charge on any atom is 0.277 e. The normalized spacial score (nSPS) is 15.0. The minimum absolute atomic E-state index is 0.129. The zero-order chi connectivity index (χ0) is 19.3. The van der Waals surface area contributed by atoms with Crippen LogP contribution in [0.3, 0.4) is 0 Å². The van der Waals surface area contributed by atoms with Crippen molar-refractivity contribution in [1.29, 1.82) is 0 Å². The van der Waals surface area contributed by atoms with Crippen molar-refractivity contribution in [2.24, 2.45) is 0 Å². The molecule has 28 heavy (non-hydrogen) atoms. The number of aromatic nitrogens is 4. The average Bonchev–Trinajstić information content (AvgIpc) is 3.30. The second kappa shape index (κ2) is 8.51. The van der Waals surface area contributed by atoms with Crippen LogP contribution in [0.25, 0.3) is 11.5 Å². The van der Waals surface area contributed by atoms with Gasteiger partial charge >= 0.3 is 0 Å². The van der Waals surface area contributed by atoms with Gasteiger partial charge in [0.15, 0.2) is 0 Å². The molecule has 0 atom stereocenters. The Hall–Kier alpha value is -2.75. The Bertz CT molecular complexity index is 943. The van der Waals surface area contributed by atoms with Crippen molar-refractivity contribution in [2.45, 2.75) is 43.2 Å². The monoisotopic (exact) mass is 403 g/mol. The van der Waals surface area contributed by atoms with Gasteiger partial charge in [-0.05, 0) is 37.1 Å². The summed E-state index contributed by atoms with van der Waals surface area (Å²) in [4.78, 5) is 13.8. The van der Waals surface area contributed by atoms with Gasteiger partial charge in [0, 0.05) is 18.5 Å². The van der Waals surface area contributed by atoms with Crippen molar-refractivity contribution in [1.82, 2.24) is 25.3 Å². The highest BCUT2D eigenvalue weighted by molar-refractivity contribution is 7.98. The Morgan fingerprint density at radius 1 is 1.00 bits per heavy atom. The van der Waals surface area contributed by atoms with Crippen molar-refractivity contribution in [3.8, 4) is 11.5 Å². The van der Waals surface area contributed by atoms with E-state index >= 15 is 0 Å². The molecule has 3 heterocycles. The van der Waals surface area contributed by atoms with Crippen LogP contribution in [0.4, 0.5) is 4.39 Å². The maximum atomic E-state index is 13.0. The molecule has 1 fully saturated rings. The van der Waals surface area contributed by atoms with E-state index < -0.39 is 0 Å². The number of amides is 1. The summed E-state index contributed by atoms with van der Waals surface area (Å²) >= 11 is 1.27. The van der Waals surface area contributed by atoms with Gasteiger partial charge in [-0.3, -0.25) is 4.79 Å². The highest BCUT2D eigenvalue weighted by Gasteiger charge is 2.20. The van der Waals surface area contributed by atoms with E-state index in [1.165, 1.54) is 23.9 Å². The molecule has 0 saturated carbocycles. The minimum atomic E-state index is -0.326. The van der Waals surface area contributed by atoms with E-state index in [9.17, 15) is 9.18 Å². The van der Waals surface area contributed by atoms with Crippen LogP contribution in [0, 0.1) is 5.82 Å². The molecule has 1 aliphatic heterocycles. The van der Waals surface area contributed by atoms with E-state index in [2.05, 4.69) is 20.4 Å². The molecule has 0 aliphatic carbocycles. The molecule has 4 rings (SSSR count). The predicted octanol–water partition coefficient (Wildman–Crippen LogP) is 3.45. The highest BCUT2D eigenvalue weighted by Crippen LogP contribution is 2.24. The number of rotatable bonds is 6. The van der Waals surface area contributed by atoms with Gasteiger partial charge in [-0.2, -0.15) is 0 Å². The molecular weight excluding hydrogens is 385 g/mol. The molecule has 0 bridgehead atoms. The molecule has 146 valence electrons. The third-order valence-corrected chi connectivity index (χ3v) is 5.13. The number of hydrogen-bond acceptors (Lipinski definition) is 8. The molecule has 0 radical (unpaired) electrons. The molecule has 8 nitrogen and oxygen atoms in total. The minimum Gasteiger partial charge on any atom is -0.420 e. The first-order valence-corrected chi connectivity index (χ1v) is 9.97. The summed E-state index contributed by atoms with van der Waals surface area (Å²) in [5, 5.41) is 16.3. The lowest BCUT2D eigenvalue weighted by Crippen LogP contribution is -2.29. The molecule has 0 N–H and O–H groups in total. The van der Waals surface area contributed by atoms with Crippen molar-refractivity contribution in [3.63, 3.8) is 0 Å². The fourth-order valence-electron chi connectivity index (χ4n) is 2.87. The van der Waals surface area contributed by atoms with Crippen LogP contribution >= 0.6 is 11.8 Å². The van der Waals surface area contributed by atoms with Crippen LogP contribution < -0.4 is 0 Å². The zero-order valence-electron chi connectivity index (χ0n) is 15.0. The van der Waals surface area contributed by atoms with Crippen LogP contribution in [0.15, 0.2) is 38.3 Å². The third-order valence-electron chi connectivity index (χ3n) is 4.32. The van der Waals surface area contributed by atoms with Gasteiger partial charge in [-0.1, -0.05) is 18.2 Å². The third kappa shape index (κ3) is 4.56. The Balaban J connectivity index is 1.33. The lowest BCUT2D eigenvalue weighted by molar-refractivity contribution is -0.131. The molecule has 2 aromatic heterocycles. The number of hydrogen-bond donors (Lipinski definition) is 0. The van der Waals surface area contributed by atoms with E-state index in [0.717, 1.165) is 25.8 Å². The van der Waals surface area contributed by atoms with Gasteiger partial charge in [0.05, 0.1) is 12.3 Å². The van der Waals surface area contributed by atoms with Crippen LogP contribution in [0.1, 0.15) is 37.5 Å². The van der Waals surface area contributed by atoms with E-state index in [1.54, 1.807) is 17.0 Å². The van der Waals surface area contributed by atoms with Crippen LogP contribution in [0.5, 0.6) is 0 Å². The first-order chi connectivity index (χ1) is 13.7. The summed E-state index contributed by atoms with van der Waals surface area (Å²) in [7, 11) is 0. The molecule has 3 aromatic rings. The highest BCUT2D eigenvalue weighted by atomic mass is 32.2. The number of carbonyl (C=O) groups is 1. The van der Waals surface area contributed by atoms with Gasteiger partial charge < -0.3 is 13.7 Å². The summed E-state index contributed by atoms with van der Waals surface area (Å²) in [5.74, 6) is 1.29. The van der Waals surface area contributed by atoms with Crippen molar-refractivity contribution in [3.05, 3.63) is 41.9 Å². The Morgan fingerprint density at radius 2 is 1.82 bits per heavy atom. The van der Waals surface area contributed by atoms with Crippen molar-refractivity contribution < 1.29 is 18.0 Å². The molecule has 1 aromatic carbocycles. The Morgan fingerprint density at radius 3 is 2.68 bits per heavy atom. The van der Waals surface area contributed by atoms with E-state index in [4.69, 9.17) is 8.83 Å². The topological polar surface area (TPSA) is 98.2 Å². The lowest BCUT2D eigenvalue weighted by atomic mass is 10.2. The van der Waals surface area contributed by atoms with E-state index in [0.29, 0.717) is 47.2 Å². The molecule has 1 aliphatic rings. The maximum absolute atomic E-state index is 13.0. The van der Waals surface area contributed by atoms with Gasteiger partial charge in [0.2, 0.25) is 23.6 Å². The van der Waals surface area contributed by atoms with Gasteiger partial charge in [-0.15, -0.1) is 20.4 Å². The zero-order valence-corrected chi connectivity index (χ0v) is 15.8. The quantitative estimate of drug-likeness (QED) is 0.577. The summed E-state index contributed by atoms with van der Waals surface area (Å²) in [5.41, 5.74) is 0.646. The summed E-state index contributed by atoms with van der Waals surface area (Å²) < 4.78 is 24.2. The molecule has 1 amide bonds. The first kappa shape index (κ1) is 18.6. The number of thioether (sulfide) groups is 1. The fraction of sp³-hybridized carbons (Fsp3) is 0.389. The molecule has 1 saturated heterocycles. The summed E-state index contributed by atoms with van der Waals surface area (Å²) in [6.07, 6.45) is 3.57. The standard InChI is InChI=1S/C18H18FN5O3S/c19-13-7-5-12(6-8-13)17-22-21-15(26-17)11-28-18-23-20-14(27-18)10-24-9-3-1-2-4-16(24)25/h5-8H,1-4,9-11H2. The van der Waals surface area contributed by atoms with E-state index in [-0.39, 0.29) is 11.7 Å². The number of carbonyl (C=O) groups excluding carboxylic acids is 1. The SMILES string of the molecule is O=C1CCCCCN1Cc1nnc(SCc2nnc(-c3ccc(F)cc3)o2)o1. The number of halogens is 1. The smallest absolute Gasteiger partial charge is 0.277 e. The number of benzene rings is 1. The Labute approximate surface area is 164 Å². The van der Waals surface area contributed by atoms with E-state index in [1.807, 2.05) is 0 Å². The largest absolute Gasteiger partial charge is 0.420 e. The van der Waals surface area contributed by atoms with Crippen LogP contribution in [0.2, 0.25) is 0 Å². The predicted molar refractivity (Wildman–Crippen MR) is 97.4 cm³/mol. The first-order valence-electron chi connectivity index (χ1n) is 8.98. The van der Waals surface area contributed by atoms with Crippen LogP contribution in [-0.4, -0.2) is 37.7 Å². The summed E-state index contributed by atoms with van der Waals surface area (Å²) in [6, 6.07) is 5.83. The van der Waals surface area contributed by atoms with Crippen molar-refractivity contribution >= 4 is 17.7 Å². The van der Waals surface area contributed by atoms with Crippen LogP contribution in [-0.2, 0) is 17.1 Å². The molecular formula is C18H18FN5O3S. The average molecular weight is 403 g/mol. The number of likely N-dealkylation sites (tertiary alicyclic amines) is 1. The van der Waals surface area contributed by atoms with Crippen molar-refractivity contribution in [2.75, 3.05) is 6.54 Å². The second-order valence-corrected chi connectivity index (χ2v) is 7.31. The summed E-state index contributed by atoms with van der Waals surface area (Å²) in [6.45, 7) is 1.06. The number of nitrogens with zero attached hydrogens (tertiary/aromatic N) is 5. The fourth-order valence-corrected chi connectivity index (χ4v) is 3.49.